The Balaban J connectivity index is 1.53. The van der Waals surface area contributed by atoms with Gasteiger partial charge in [-0.15, -0.1) is 0 Å². The van der Waals surface area contributed by atoms with Crippen molar-refractivity contribution in [1.29, 1.82) is 0 Å². The standard InChI is InChI=1S/C31H35ClF2N6O4/c1-5-25(41)38-12-18(3)39(13-17(38)2)30-22-11-23(32)27(21-7-6-19(33)10-24(21)34)29-28(22)40(31(43)35-30)20(16-44-29)14-37-9-8-36(4)15-26(37)42/h5-7,10-11,17-18,20,25,41H,1,8-9,12-16H2,2-4H3/t17-,18+,20-,25?/m1/s1. The van der Waals surface area contributed by atoms with E-state index in [1.807, 2.05) is 35.6 Å². The number of carbonyl (C=O) groups is 1. The molecule has 2 saturated heterocycles. The molecule has 2 aromatic carbocycles. The Hall–Kier alpha value is -3.58. The van der Waals surface area contributed by atoms with Gasteiger partial charge in [-0.3, -0.25) is 19.2 Å². The van der Waals surface area contributed by atoms with Gasteiger partial charge in [-0.05, 0) is 45.2 Å². The fourth-order valence-electron chi connectivity index (χ4n) is 6.58. The Bertz CT molecular complexity index is 1700. The number of nitrogens with zero attached hydrogens (tertiary/aromatic N) is 6. The number of amides is 1. The Morgan fingerprint density at radius 1 is 1.18 bits per heavy atom. The molecule has 4 atom stereocenters. The van der Waals surface area contributed by atoms with Gasteiger partial charge < -0.3 is 19.6 Å². The minimum Gasteiger partial charge on any atom is -0.488 e. The van der Waals surface area contributed by atoms with Crippen LogP contribution in [-0.2, 0) is 4.79 Å². The number of aliphatic hydroxyl groups excluding tert-OH is 1. The summed E-state index contributed by atoms with van der Waals surface area (Å²) in [5.74, 6) is -1.02. The normalized spacial score (nSPS) is 23.6. The van der Waals surface area contributed by atoms with E-state index < -0.39 is 29.6 Å². The number of carbonyl (C=O) groups excluding carboxylic acids is 1. The number of ether oxygens (including phenoxy) is 1. The van der Waals surface area contributed by atoms with Crippen LogP contribution in [0.15, 0.2) is 41.7 Å². The summed E-state index contributed by atoms with van der Waals surface area (Å²) in [6.07, 6.45) is 0.656. The summed E-state index contributed by atoms with van der Waals surface area (Å²) >= 11 is 6.85. The molecule has 234 valence electrons. The van der Waals surface area contributed by atoms with Crippen molar-refractivity contribution in [2.45, 2.75) is 38.2 Å². The maximum atomic E-state index is 15.2. The lowest BCUT2D eigenvalue weighted by Gasteiger charge is -2.46. The number of hydrogen-bond acceptors (Lipinski definition) is 8. The van der Waals surface area contributed by atoms with Crippen LogP contribution in [-0.4, -0.2) is 106 Å². The highest BCUT2D eigenvalue weighted by Crippen LogP contribution is 2.47. The highest BCUT2D eigenvalue weighted by atomic mass is 35.5. The summed E-state index contributed by atoms with van der Waals surface area (Å²) in [7, 11) is 1.88. The number of likely N-dealkylation sites (N-methyl/N-ethyl adjacent to an activating group) is 1. The van der Waals surface area contributed by atoms with Crippen LogP contribution in [0.25, 0.3) is 22.0 Å². The third-order valence-electron chi connectivity index (χ3n) is 8.88. The third-order valence-corrected chi connectivity index (χ3v) is 9.18. The lowest BCUT2D eigenvalue weighted by molar-refractivity contribution is -0.136. The second-order valence-electron chi connectivity index (χ2n) is 11.9. The predicted molar refractivity (Wildman–Crippen MR) is 164 cm³/mol. The topological polar surface area (TPSA) is 94.4 Å². The molecule has 0 spiro atoms. The van der Waals surface area contributed by atoms with Gasteiger partial charge in [0.05, 0.1) is 23.1 Å². The number of benzene rings is 2. The SMILES string of the molecule is C=CC(O)N1C[C@H](C)N(c2nc(=O)n3c4c(c(-c5ccc(F)cc5F)c(Cl)cc24)OC[C@H]3CN2CCN(C)CC2=O)C[C@H]1C. The van der Waals surface area contributed by atoms with E-state index in [1.165, 1.54) is 16.7 Å². The van der Waals surface area contributed by atoms with E-state index in [9.17, 15) is 19.1 Å². The van der Waals surface area contributed by atoms with E-state index in [1.54, 1.807) is 11.0 Å². The van der Waals surface area contributed by atoms with E-state index in [4.69, 9.17) is 16.3 Å². The number of hydrogen-bond donors (Lipinski definition) is 1. The van der Waals surface area contributed by atoms with Gasteiger partial charge in [-0.1, -0.05) is 18.2 Å². The van der Waals surface area contributed by atoms with Crippen LogP contribution in [0.3, 0.4) is 0 Å². The monoisotopic (exact) mass is 628 g/mol. The van der Waals surface area contributed by atoms with Crippen molar-refractivity contribution < 1.29 is 23.4 Å². The lowest BCUT2D eigenvalue weighted by atomic mass is 9.99. The molecule has 1 amide bonds. The zero-order valence-electron chi connectivity index (χ0n) is 24.8. The van der Waals surface area contributed by atoms with Crippen molar-refractivity contribution in [1.82, 2.24) is 24.3 Å². The van der Waals surface area contributed by atoms with Crippen LogP contribution in [0.2, 0.25) is 5.02 Å². The molecule has 0 bridgehead atoms. The summed E-state index contributed by atoms with van der Waals surface area (Å²) < 4.78 is 36.9. The Morgan fingerprint density at radius 3 is 2.66 bits per heavy atom. The molecule has 0 saturated carbocycles. The van der Waals surface area contributed by atoms with E-state index >= 15 is 4.39 Å². The van der Waals surface area contributed by atoms with E-state index in [0.29, 0.717) is 42.9 Å². The van der Waals surface area contributed by atoms with Gasteiger partial charge in [-0.2, -0.15) is 4.98 Å². The van der Waals surface area contributed by atoms with Crippen molar-refractivity contribution in [2.24, 2.45) is 0 Å². The number of aromatic nitrogens is 2. The Labute approximate surface area is 258 Å². The summed E-state index contributed by atoms with van der Waals surface area (Å²) in [6.45, 7) is 10.3. The van der Waals surface area contributed by atoms with Gasteiger partial charge >= 0.3 is 5.69 Å². The van der Waals surface area contributed by atoms with Gasteiger partial charge in [0, 0.05) is 67.4 Å². The Kier molecular flexibility index (Phi) is 8.12. The minimum atomic E-state index is -0.821. The van der Waals surface area contributed by atoms with Crippen LogP contribution in [0.4, 0.5) is 14.6 Å². The van der Waals surface area contributed by atoms with Gasteiger partial charge in [0.15, 0.2) is 5.75 Å². The minimum absolute atomic E-state index is 0.0182. The largest absolute Gasteiger partial charge is 0.488 e. The predicted octanol–water partition coefficient (Wildman–Crippen LogP) is 3.11. The first-order chi connectivity index (χ1) is 21.0. The molecule has 4 heterocycles. The molecule has 0 aliphatic carbocycles. The molecule has 3 aliphatic heterocycles. The first kappa shape index (κ1) is 30.4. The molecule has 13 heteroatoms. The van der Waals surface area contributed by atoms with Crippen LogP contribution < -0.4 is 15.3 Å². The zero-order chi connectivity index (χ0) is 31.4. The highest BCUT2D eigenvalue weighted by molar-refractivity contribution is 6.35. The molecule has 2 fully saturated rings. The third kappa shape index (κ3) is 5.23. The summed E-state index contributed by atoms with van der Waals surface area (Å²) in [6, 6.07) is 4.03. The average Bonchev–Trinajstić information content (AvgIpc) is 2.98. The number of anilines is 1. The maximum Gasteiger partial charge on any atom is 0.350 e. The van der Waals surface area contributed by atoms with E-state index in [2.05, 4.69) is 11.6 Å². The summed E-state index contributed by atoms with van der Waals surface area (Å²) in [4.78, 5) is 39.0. The van der Waals surface area contributed by atoms with Gasteiger partial charge in [-0.25, -0.2) is 13.6 Å². The molecule has 3 aromatic rings. The van der Waals surface area contributed by atoms with Crippen molar-refractivity contribution >= 4 is 34.2 Å². The van der Waals surface area contributed by atoms with Gasteiger partial charge in [0.25, 0.3) is 0 Å². The molecule has 1 unspecified atom stereocenters. The first-order valence-corrected chi connectivity index (χ1v) is 15.0. The zero-order valence-corrected chi connectivity index (χ0v) is 25.6. The highest BCUT2D eigenvalue weighted by Gasteiger charge is 2.37. The molecule has 1 aromatic heterocycles. The number of aliphatic hydroxyl groups is 1. The molecule has 3 aliphatic rings. The van der Waals surface area contributed by atoms with Crippen molar-refractivity contribution in [3.8, 4) is 16.9 Å². The van der Waals surface area contributed by atoms with Gasteiger partial charge in [0.1, 0.15) is 30.3 Å². The van der Waals surface area contributed by atoms with E-state index in [0.717, 1.165) is 12.1 Å². The Morgan fingerprint density at radius 2 is 1.95 bits per heavy atom. The maximum absolute atomic E-state index is 15.2. The van der Waals surface area contributed by atoms with Crippen molar-refractivity contribution in [2.75, 3.05) is 57.8 Å². The number of halogens is 3. The number of piperazine rings is 2. The van der Waals surface area contributed by atoms with Crippen LogP contribution in [0, 0.1) is 11.6 Å². The molecule has 10 nitrogen and oxygen atoms in total. The summed E-state index contributed by atoms with van der Waals surface area (Å²) in [5.41, 5.74) is 0.0862. The second kappa shape index (κ2) is 11.7. The van der Waals surface area contributed by atoms with Gasteiger partial charge in [0.2, 0.25) is 5.91 Å². The molecular formula is C31H35ClF2N6O4. The van der Waals surface area contributed by atoms with E-state index in [-0.39, 0.29) is 59.6 Å². The smallest absolute Gasteiger partial charge is 0.350 e. The molecule has 0 radical (unpaired) electrons. The van der Waals surface area contributed by atoms with Crippen LogP contribution in [0.5, 0.6) is 5.75 Å². The van der Waals surface area contributed by atoms with Crippen LogP contribution >= 0.6 is 11.6 Å². The molecule has 44 heavy (non-hydrogen) atoms. The molecular weight excluding hydrogens is 594 g/mol. The number of rotatable bonds is 6. The average molecular weight is 629 g/mol. The summed E-state index contributed by atoms with van der Waals surface area (Å²) in [5, 5.41) is 11.2. The fourth-order valence-corrected chi connectivity index (χ4v) is 6.88. The van der Waals surface area contributed by atoms with Crippen LogP contribution in [0.1, 0.15) is 19.9 Å². The lowest BCUT2D eigenvalue weighted by Crippen LogP contribution is -2.59. The van der Waals surface area contributed by atoms with Crippen molar-refractivity contribution in [3.05, 3.63) is 64.1 Å². The first-order valence-electron chi connectivity index (χ1n) is 14.6. The second-order valence-corrected chi connectivity index (χ2v) is 12.3. The quantitative estimate of drug-likeness (QED) is 0.417. The molecule has 1 N–H and O–H groups in total. The molecule has 6 rings (SSSR count). The fraction of sp³-hybridized carbons (Fsp3) is 0.452. The van der Waals surface area contributed by atoms with Crippen molar-refractivity contribution in [3.63, 3.8) is 0 Å².